The molecule has 3 rings (SSSR count). The molecule has 5 heteroatoms. The van der Waals surface area contributed by atoms with Crippen molar-refractivity contribution in [1.82, 2.24) is 4.98 Å². The Kier molecular flexibility index (Phi) is 3.47. The van der Waals surface area contributed by atoms with Gasteiger partial charge in [-0.2, -0.15) is 0 Å². The van der Waals surface area contributed by atoms with Crippen LogP contribution in [0.15, 0.2) is 46.9 Å². The first kappa shape index (κ1) is 13.2. The number of carbonyl (C=O) groups is 1. The number of fused-ring (bicyclic) bond motifs is 1. The van der Waals surface area contributed by atoms with Gasteiger partial charge in [0.05, 0.1) is 22.0 Å². The van der Waals surface area contributed by atoms with Crippen molar-refractivity contribution in [1.29, 1.82) is 0 Å². The maximum absolute atomic E-state index is 12.3. The number of halogens is 2. The molecular formula is C15H9Cl2NO2. The van der Waals surface area contributed by atoms with Gasteiger partial charge in [-0.3, -0.25) is 4.79 Å². The lowest BCUT2D eigenvalue weighted by atomic mass is 10.1. The highest BCUT2D eigenvalue weighted by Crippen LogP contribution is 2.26. The van der Waals surface area contributed by atoms with Gasteiger partial charge in [0.1, 0.15) is 5.52 Å². The second-order valence-electron chi connectivity index (χ2n) is 4.27. The fraction of sp³-hybridized carbons (Fsp3) is 0.0667. The average Bonchev–Trinajstić information content (AvgIpc) is 2.80. The predicted octanol–water partition coefficient (Wildman–Crippen LogP) is 4.56. The highest BCUT2D eigenvalue weighted by atomic mass is 35.5. The smallest absolute Gasteiger partial charge is 0.203 e. The molecule has 0 saturated heterocycles. The molecule has 0 N–H and O–H groups in total. The average molecular weight is 306 g/mol. The fourth-order valence-corrected chi connectivity index (χ4v) is 2.59. The minimum absolute atomic E-state index is 0.0259. The molecular weight excluding hydrogens is 297 g/mol. The number of nitrogens with zero attached hydrogens (tertiary/aromatic N) is 1. The van der Waals surface area contributed by atoms with Crippen molar-refractivity contribution in [2.75, 3.05) is 0 Å². The number of para-hydroxylation sites is 2. The molecule has 2 aromatic carbocycles. The van der Waals surface area contributed by atoms with E-state index in [1.165, 1.54) is 0 Å². The zero-order valence-corrected chi connectivity index (χ0v) is 11.8. The zero-order valence-electron chi connectivity index (χ0n) is 10.3. The standard InChI is InChI=1S/C15H9Cl2NO2/c16-9-4-3-5-10(17)15(9)12(19)8-14-18-11-6-1-2-7-13(11)20-14/h1-7H,8H2. The summed E-state index contributed by atoms with van der Waals surface area (Å²) >= 11 is 12.0. The Balaban J connectivity index is 1.92. The highest BCUT2D eigenvalue weighted by molar-refractivity contribution is 6.39. The molecule has 0 unspecified atom stereocenters. The van der Waals surface area contributed by atoms with Crippen LogP contribution in [-0.2, 0) is 6.42 Å². The van der Waals surface area contributed by atoms with Crippen molar-refractivity contribution in [2.24, 2.45) is 0 Å². The van der Waals surface area contributed by atoms with Crippen LogP contribution in [0.2, 0.25) is 10.0 Å². The Bertz CT molecular complexity index is 742. The molecule has 1 aromatic heterocycles. The number of benzene rings is 2. The number of aromatic nitrogens is 1. The van der Waals surface area contributed by atoms with Crippen LogP contribution in [-0.4, -0.2) is 10.8 Å². The van der Waals surface area contributed by atoms with Crippen molar-refractivity contribution < 1.29 is 9.21 Å². The largest absolute Gasteiger partial charge is 0.440 e. The molecule has 0 fully saturated rings. The zero-order chi connectivity index (χ0) is 14.1. The van der Waals surface area contributed by atoms with Crippen molar-refractivity contribution in [3.63, 3.8) is 0 Å². The molecule has 0 radical (unpaired) electrons. The van der Waals surface area contributed by atoms with Gasteiger partial charge in [-0.1, -0.05) is 41.4 Å². The third kappa shape index (κ3) is 2.42. The number of oxazole rings is 1. The molecule has 3 nitrogen and oxygen atoms in total. The molecule has 0 aliphatic heterocycles. The second-order valence-corrected chi connectivity index (χ2v) is 5.09. The van der Waals surface area contributed by atoms with E-state index in [9.17, 15) is 4.79 Å². The quantitative estimate of drug-likeness (QED) is 0.666. The van der Waals surface area contributed by atoms with Crippen molar-refractivity contribution in [2.45, 2.75) is 6.42 Å². The summed E-state index contributed by atoms with van der Waals surface area (Å²) in [4.78, 5) is 16.5. The van der Waals surface area contributed by atoms with Crippen LogP contribution in [0.4, 0.5) is 0 Å². The molecule has 0 aliphatic rings. The van der Waals surface area contributed by atoms with Gasteiger partial charge in [-0.05, 0) is 24.3 Å². The lowest BCUT2D eigenvalue weighted by Crippen LogP contribution is -2.05. The minimum atomic E-state index is -0.216. The molecule has 3 aromatic rings. The molecule has 100 valence electrons. The van der Waals surface area contributed by atoms with Crippen molar-refractivity contribution in [3.8, 4) is 0 Å². The molecule has 0 aliphatic carbocycles. The van der Waals surface area contributed by atoms with Crippen molar-refractivity contribution in [3.05, 3.63) is 64.0 Å². The summed E-state index contributed by atoms with van der Waals surface area (Å²) in [6.45, 7) is 0. The monoisotopic (exact) mass is 305 g/mol. The highest BCUT2D eigenvalue weighted by Gasteiger charge is 2.17. The lowest BCUT2D eigenvalue weighted by Gasteiger charge is -2.03. The molecule has 0 atom stereocenters. The van der Waals surface area contributed by atoms with Crippen LogP contribution in [0.1, 0.15) is 16.2 Å². The van der Waals surface area contributed by atoms with Crippen LogP contribution in [0.25, 0.3) is 11.1 Å². The summed E-state index contributed by atoms with van der Waals surface area (Å²) in [5.41, 5.74) is 1.68. The van der Waals surface area contributed by atoms with Gasteiger partial charge in [0, 0.05) is 0 Å². The van der Waals surface area contributed by atoms with E-state index in [4.69, 9.17) is 27.6 Å². The first-order valence-electron chi connectivity index (χ1n) is 5.97. The van der Waals surface area contributed by atoms with E-state index in [0.717, 1.165) is 5.52 Å². The molecule has 0 bridgehead atoms. The van der Waals surface area contributed by atoms with Gasteiger partial charge in [0.15, 0.2) is 11.4 Å². The number of ketones is 1. The van der Waals surface area contributed by atoms with E-state index in [2.05, 4.69) is 4.98 Å². The maximum atomic E-state index is 12.3. The third-order valence-electron chi connectivity index (χ3n) is 2.89. The van der Waals surface area contributed by atoms with Gasteiger partial charge >= 0.3 is 0 Å². The first-order chi connectivity index (χ1) is 9.65. The van der Waals surface area contributed by atoms with Crippen LogP contribution in [0.3, 0.4) is 0 Å². The lowest BCUT2D eigenvalue weighted by molar-refractivity contribution is 0.0986. The summed E-state index contributed by atoms with van der Waals surface area (Å²) in [5, 5.41) is 0.664. The molecule has 0 saturated carbocycles. The Labute approximate surface area is 125 Å². The van der Waals surface area contributed by atoms with Crippen LogP contribution < -0.4 is 0 Å². The van der Waals surface area contributed by atoms with Gasteiger partial charge in [0.2, 0.25) is 5.89 Å². The minimum Gasteiger partial charge on any atom is -0.440 e. The van der Waals surface area contributed by atoms with E-state index in [1.807, 2.05) is 18.2 Å². The molecule has 0 amide bonds. The third-order valence-corrected chi connectivity index (χ3v) is 3.52. The number of hydrogen-bond acceptors (Lipinski definition) is 3. The fourth-order valence-electron chi connectivity index (χ4n) is 1.99. The Morgan fingerprint density at radius 1 is 1.05 bits per heavy atom. The Hall–Kier alpha value is -1.84. The Morgan fingerprint density at radius 2 is 1.75 bits per heavy atom. The second kappa shape index (κ2) is 5.27. The van der Waals surface area contributed by atoms with Crippen LogP contribution in [0.5, 0.6) is 0 Å². The normalized spacial score (nSPS) is 10.9. The summed E-state index contributed by atoms with van der Waals surface area (Å²) in [7, 11) is 0. The number of Topliss-reactive ketones (excluding diaryl/α,β-unsaturated/α-hetero) is 1. The maximum Gasteiger partial charge on any atom is 0.203 e. The number of carbonyl (C=O) groups excluding carboxylic acids is 1. The first-order valence-corrected chi connectivity index (χ1v) is 6.72. The van der Waals surface area contributed by atoms with Crippen LogP contribution in [0, 0.1) is 0 Å². The predicted molar refractivity (Wildman–Crippen MR) is 78.5 cm³/mol. The summed E-state index contributed by atoms with van der Waals surface area (Å²) in [6, 6.07) is 12.3. The van der Waals surface area contributed by atoms with Crippen LogP contribution >= 0.6 is 23.2 Å². The summed E-state index contributed by atoms with van der Waals surface area (Å²) < 4.78 is 5.52. The topological polar surface area (TPSA) is 43.1 Å². The van der Waals surface area contributed by atoms with Gasteiger partial charge in [-0.25, -0.2) is 4.98 Å². The molecule has 0 spiro atoms. The molecule has 20 heavy (non-hydrogen) atoms. The van der Waals surface area contributed by atoms with E-state index in [-0.39, 0.29) is 12.2 Å². The van der Waals surface area contributed by atoms with Crippen molar-refractivity contribution >= 4 is 40.1 Å². The SMILES string of the molecule is O=C(Cc1nc2ccccc2o1)c1c(Cl)cccc1Cl. The van der Waals surface area contributed by atoms with E-state index < -0.39 is 0 Å². The van der Waals surface area contributed by atoms with Gasteiger partial charge < -0.3 is 4.42 Å². The summed E-state index contributed by atoms with van der Waals surface area (Å²) in [5.74, 6) is 0.138. The van der Waals surface area contributed by atoms with Gasteiger partial charge in [0.25, 0.3) is 0 Å². The number of hydrogen-bond donors (Lipinski definition) is 0. The van der Waals surface area contributed by atoms with Gasteiger partial charge in [-0.15, -0.1) is 0 Å². The van der Waals surface area contributed by atoms with E-state index >= 15 is 0 Å². The Morgan fingerprint density at radius 3 is 2.45 bits per heavy atom. The van der Waals surface area contributed by atoms with E-state index in [0.29, 0.717) is 27.1 Å². The van der Waals surface area contributed by atoms with E-state index in [1.54, 1.807) is 24.3 Å². The summed E-state index contributed by atoms with van der Waals surface area (Å²) in [6.07, 6.45) is 0.0259. The molecule has 1 heterocycles. The number of rotatable bonds is 3.